The summed E-state index contributed by atoms with van der Waals surface area (Å²) in [6.07, 6.45) is 0. The van der Waals surface area contributed by atoms with E-state index in [4.69, 9.17) is 13.9 Å². The summed E-state index contributed by atoms with van der Waals surface area (Å²) < 4.78 is 16.0. The van der Waals surface area contributed by atoms with Crippen LogP contribution in [0.3, 0.4) is 0 Å². The van der Waals surface area contributed by atoms with E-state index in [0.717, 1.165) is 16.5 Å². The molecule has 3 aromatic rings. The van der Waals surface area contributed by atoms with E-state index in [1.807, 2.05) is 32.9 Å². The van der Waals surface area contributed by atoms with Gasteiger partial charge in [0, 0.05) is 17.0 Å². The largest absolute Gasteiger partial charge is 0.494 e. The highest BCUT2D eigenvalue weighted by Gasteiger charge is 2.12. The molecule has 0 amide bonds. The predicted molar refractivity (Wildman–Crippen MR) is 98.7 cm³/mol. The van der Waals surface area contributed by atoms with Gasteiger partial charge >= 0.3 is 11.6 Å². The number of hydrogen-bond acceptors (Lipinski definition) is 5. The summed E-state index contributed by atoms with van der Waals surface area (Å²) in [5.74, 6) is 0.236. The Morgan fingerprint density at radius 2 is 1.73 bits per heavy atom. The zero-order valence-corrected chi connectivity index (χ0v) is 15.0. The zero-order chi connectivity index (χ0) is 18.7. The Balaban J connectivity index is 1.81. The summed E-state index contributed by atoms with van der Waals surface area (Å²) in [5.41, 5.74) is 3.18. The monoisotopic (exact) mass is 352 g/mol. The minimum Gasteiger partial charge on any atom is -0.494 e. The van der Waals surface area contributed by atoms with Crippen molar-refractivity contribution in [1.82, 2.24) is 0 Å². The average Bonchev–Trinajstić information content (AvgIpc) is 2.62. The first-order valence-corrected chi connectivity index (χ1v) is 8.42. The van der Waals surface area contributed by atoms with Crippen LogP contribution in [-0.4, -0.2) is 12.6 Å². The molecule has 0 aliphatic heterocycles. The number of fused-ring (bicyclic) bond motifs is 1. The number of aryl methyl sites for hydroxylation is 2. The molecule has 0 spiro atoms. The van der Waals surface area contributed by atoms with Crippen LogP contribution in [0.25, 0.3) is 11.0 Å². The third kappa shape index (κ3) is 3.77. The lowest BCUT2D eigenvalue weighted by Gasteiger charge is -2.09. The minimum absolute atomic E-state index is 0.00333. The van der Waals surface area contributed by atoms with Crippen LogP contribution in [0.15, 0.2) is 51.7 Å². The molecule has 5 nitrogen and oxygen atoms in total. The van der Waals surface area contributed by atoms with Gasteiger partial charge in [-0.15, -0.1) is 0 Å². The van der Waals surface area contributed by atoms with Gasteiger partial charge in [0.1, 0.15) is 17.9 Å². The number of esters is 1. The number of carbonyl (C=O) groups is 1. The molecule has 0 N–H and O–H groups in total. The quantitative estimate of drug-likeness (QED) is 0.509. The molecule has 1 heterocycles. The van der Waals surface area contributed by atoms with Crippen LogP contribution in [0.2, 0.25) is 0 Å². The van der Waals surface area contributed by atoms with Gasteiger partial charge in [-0.25, -0.2) is 9.59 Å². The second-order valence-electron chi connectivity index (χ2n) is 6.06. The molecule has 0 saturated heterocycles. The molecular formula is C21H20O5. The van der Waals surface area contributed by atoms with Gasteiger partial charge in [0.05, 0.1) is 12.2 Å². The lowest BCUT2D eigenvalue weighted by molar-refractivity contribution is 0.0474. The van der Waals surface area contributed by atoms with Crippen LogP contribution < -0.4 is 10.4 Å². The van der Waals surface area contributed by atoms with Crippen LogP contribution in [0.5, 0.6) is 5.75 Å². The zero-order valence-electron chi connectivity index (χ0n) is 15.0. The first kappa shape index (κ1) is 17.7. The highest BCUT2D eigenvalue weighted by molar-refractivity contribution is 5.90. The van der Waals surface area contributed by atoms with E-state index >= 15 is 0 Å². The molecule has 0 aliphatic carbocycles. The van der Waals surface area contributed by atoms with Gasteiger partial charge in [0.25, 0.3) is 0 Å². The Kier molecular flexibility index (Phi) is 5.07. The fourth-order valence-electron chi connectivity index (χ4n) is 2.68. The maximum Gasteiger partial charge on any atom is 0.338 e. The van der Waals surface area contributed by atoms with Gasteiger partial charge in [0.15, 0.2) is 0 Å². The molecule has 0 radical (unpaired) electrons. The third-order valence-electron chi connectivity index (χ3n) is 4.20. The van der Waals surface area contributed by atoms with Gasteiger partial charge in [-0.3, -0.25) is 0 Å². The van der Waals surface area contributed by atoms with Crippen molar-refractivity contribution in [3.05, 3.63) is 75.1 Å². The smallest absolute Gasteiger partial charge is 0.338 e. The van der Waals surface area contributed by atoms with Crippen molar-refractivity contribution in [3.8, 4) is 5.75 Å². The molecule has 26 heavy (non-hydrogen) atoms. The Labute approximate surface area is 151 Å². The van der Waals surface area contributed by atoms with E-state index < -0.39 is 11.6 Å². The third-order valence-corrected chi connectivity index (χ3v) is 4.20. The van der Waals surface area contributed by atoms with E-state index in [2.05, 4.69) is 0 Å². The first-order valence-electron chi connectivity index (χ1n) is 8.42. The van der Waals surface area contributed by atoms with Crippen molar-refractivity contribution in [3.63, 3.8) is 0 Å². The molecular weight excluding hydrogens is 332 g/mol. The molecule has 0 bridgehead atoms. The Morgan fingerprint density at radius 3 is 2.42 bits per heavy atom. The molecule has 5 heteroatoms. The summed E-state index contributed by atoms with van der Waals surface area (Å²) in [7, 11) is 0. The van der Waals surface area contributed by atoms with Crippen molar-refractivity contribution in [1.29, 1.82) is 0 Å². The van der Waals surface area contributed by atoms with Gasteiger partial charge < -0.3 is 13.9 Å². The predicted octanol–water partition coefficient (Wildman–Crippen LogP) is 4.17. The second-order valence-corrected chi connectivity index (χ2v) is 6.06. The summed E-state index contributed by atoms with van der Waals surface area (Å²) in [6, 6.07) is 11.9. The number of carbonyl (C=O) groups excluding carboxylic acids is 1. The summed E-state index contributed by atoms with van der Waals surface area (Å²) >= 11 is 0. The Morgan fingerprint density at radius 1 is 1.04 bits per heavy atom. The Bertz CT molecular complexity index is 999. The average molecular weight is 352 g/mol. The second kappa shape index (κ2) is 7.44. The molecule has 0 fully saturated rings. The van der Waals surface area contributed by atoms with Crippen molar-refractivity contribution in [2.45, 2.75) is 27.4 Å². The molecule has 0 unspecified atom stereocenters. The van der Waals surface area contributed by atoms with Crippen LogP contribution in [0, 0.1) is 13.8 Å². The van der Waals surface area contributed by atoms with Crippen LogP contribution in [0.4, 0.5) is 0 Å². The van der Waals surface area contributed by atoms with E-state index in [0.29, 0.717) is 29.1 Å². The van der Waals surface area contributed by atoms with Crippen molar-refractivity contribution < 1.29 is 18.7 Å². The topological polar surface area (TPSA) is 65.7 Å². The highest BCUT2D eigenvalue weighted by atomic mass is 16.5. The van der Waals surface area contributed by atoms with Crippen molar-refractivity contribution in [2.24, 2.45) is 0 Å². The van der Waals surface area contributed by atoms with Gasteiger partial charge in [0.2, 0.25) is 0 Å². The summed E-state index contributed by atoms with van der Waals surface area (Å²) in [4.78, 5) is 24.1. The maximum atomic E-state index is 12.3. The van der Waals surface area contributed by atoms with Gasteiger partial charge in [-0.2, -0.15) is 0 Å². The van der Waals surface area contributed by atoms with Crippen molar-refractivity contribution in [2.75, 3.05) is 6.61 Å². The lowest BCUT2D eigenvalue weighted by Crippen LogP contribution is -2.08. The molecule has 0 aliphatic rings. The minimum atomic E-state index is -0.465. The van der Waals surface area contributed by atoms with E-state index in [1.54, 1.807) is 24.3 Å². The fraction of sp³-hybridized carbons (Fsp3) is 0.238. The number of benzene rings is 2. The molecule has 1 aromatic heterocycles. The lowest BCUT2D eigenvalue weighted by atomic mass is 10.0. The summed E-state index contributed by atoms with van der Waals surface area (Å²) in [6.45, 7) is 6.39. The normalized spacial score (nSPS) is 10.7. The molecule has 2 aromatic carbocycles. The van der Waals surface area contributed by atoms with E-state index in [-0.39, 0.29) is 6.61 Å². The number of ether oxygens (including phenoxy) is 2. The van der Waals surface area contributed by atoms with E-state index in [9.17, 15) is 9.59 Å². The standard InChI is InChI=1S/C21H20O5/c1-4-24-17-7-5-15(6-8-17)21(23)25-12-16-11-20(22)26-19-10-14(3)13(2)9-18(16)19/h5-11H,4,12H2,1-3H3. The molecule has 0 saturated carbocycles. The first-order chi connectivity index (χ1) is 12.5. The van der Waals surface area contributed by atoms with E-state index in [1.165, 1.54) is 6.07 Å². The van der Waals surface area contributed by atoms with Crippen molar-refractivity contribution >= 4 is 16.9 Å². The summed E-state index contributed by atoms with van der Waals surface area (Å²) in [5, 5.41) is 0.771. The van der Waals surface area contributed by atoms with Gasteiger partial charge in [-0.1, -0.05) is 0 Å². The van der Waals surface area contributed by atoms with Crippen LogP contribution >= 0.6 is 0 Å². The molecule has 134 valence electrons. The van der Waals surface area contributed by atoms with Gasteiger partial charge in [-0.05, 0) is 68.3 Å². The van der Waals surface area contributed by atoms with Crippen LogP contribution in [0.1, 0.15) is 34.0 Å². The maximum absolute atomic E-state index is 12.3. The molecule has 0 atom stereocenters. The number of hydrogen-bond donors (Lipinski definition) is 0. The highest BCUT2D eigenvalue weighted by Crippen LogP contribution is 2.22. The molecule has 3 rings (SSSR count). The number of rotatable bonds is 5. The SMILES string of the molecule is CCOc1ccc(C(=O)OCc2cc(=O)oc3cc(C)c(C)cc23)cc1. The Hall–Kier alpha value is -3.08. The fourth-order valence-corrected chi connectivity index (χ4v) is 2.68. The van der Waals surface area contributed by atoms with Crippen LogP contribution in [-0.2, 0) is 11.3 Å².